The fraction of sp³-hybridized carbons (Fsp3) is 0.167. The Hall–Kier alpha value is -2.14. The van der Waals surface area contributed by atoms with Crippen molar-refractivity contribution >= 4 is 5.97 Å². The summed E-state index contributed by atoms with van der Waals surface area (Å²) in [6.07, 6.45) is 3.49. The first-order valence-corrected chi connectivity index (χ1v) is 5.23. The molecule has 0 bridgehead atoms. The minimum absolute atomic E-state index is 0.169. The van der Waals surface area contributed by atoms with E-state index < -0.39 is 12.0 Å². The van der Waals surface area contributed by atoms with Crippen molar-refractivity contribution in [2.45, 2.75) is 12.6 Å². The van der Waals surface area contributed by atoms with Gasteiger partial charge in [-0.1, -0.05) is 30.3 Å². The summed E-state index contributed by atoms with van der Waals surface area (Å²) >= 11 is 0. The zero-order chi connectivity index (χ0) is 12.3. The molecule has 0 aliphatic carbocycles. The summed E-state index contributed by atoms with van der Waals surface area (Å²) < 4.78 is 1.54. The quantitative estimate of drug-likeness (QED) is 0.821. The third-order valence-corrected chi connectivity index (χ3v) is 2.44. The number of aliphatic carboxylic acids is 1. The first kappa shape index (κ1) is 11.3. The van der Waals surface area contributed by atoms with Gasteiger partial charge in [-0.3, -0.25) is 9.48 Å². The predicted molar refractivity (Wildman–Crippen MR) is 63.3 cm³/mol. The van der Waals surface area contributed by atoms with Crippen molar-refractivity contribution in [3.8, 4) is 11.1 Å². The van der Waals surface area contributed by atoms with Gasteiger partial charge in [0.1, 0.15) is 6.04 Å². The number of benzene rings is 1. The smallest absolute Gasteiger partial charge is 0.322 e. The Kier molecular flexibility index (Phi) is 3.20. The lowest BCUT2D eigenvalue weighted by atomic mass is 10.1. The van der Waals surface area contributed by atoms with Crippen LogP contribution in [0.5, 0.6) is 0 Å². The number of rotatable bonds is 4. The highest BCUT2D eigenvalue weighted by molar-refractivity contribution is 5.73. The van der Waals surface area contributed by atoms with E-state index in [0.29, 0.717) is 0 Å². The van der Waals surface area contributed by atoms with Gasteiger partial charge < -0.3 is 10.8 Å². The third kappa shape index (κ3) is 2.70. The zero-order valence-corrected chi connectivity index (χ0v) is 9.15. The van der Waals surface area contributed by atoms with Crippen LogP contribution in [-0.4, -0.2) is 26.9 Å². The third-order valence-electron chi connectivity index (χ3n) is 2.44. The van der Waals surface area contributed by atoms with Crippen molar-refractivity contribution < 1.29 is 9.90 Å². The minimum atomic E-state index is -1.03. The van der Waals surface area contributed by atoms with Gasteiger partial charge in [0.05, 0.1) is 12.7 Å². The number of aromatic nitrogens is 2. The number of nitrogens with zero attached hydrogens (tertiary/aromatic N) is 2. The molecule has 0 fully saturated rings. The monoisotopic (exact) mass is 231 g/mol. The van der Waals surface area contributed by atoms with Crippen molar-refractivity contribution in [1.82, 2.24) is 9.78 Å². The first-order chi connectivity index (χ1) is 8.16. The average molecular weight is 231 g/mol. The molecule has 5 heteroatoms. The number of hydrogen-bond acceptors (Lipinski definition) is 3. The molecule has 2 rings (SSSR count). The van der Waals surface area contributed by atoms with Crippen LogP contribution in [0, 0.1) is 0 Å². The van der Waals surface area contributed by atoms with Crippen LogP contribution in [0.15, 0.2) is 42.7 Å². The van der Waals surface area contributed by atoms with Gasteiger partial charge in [0.15, 0.2) is 0 Å². The lowest BCUT2D eigenvalue weighted by Gasteiger charge is -2.05. The predicted octanol–water partition coefficient (Wildman–Crippen LogP) is 0.962. The van der Waals surface area contributed by atoms with Gasteiger partial charge >= 0.3 is 5.97 Å². The molecule has 0 radical (unpaired) electrons. The van der Waals surface area contributed by atoms with E-state index in [1.54, 1.807) is 17.1 Å². The second-order valence-electron chi connectivity index (χ2n) is 3.76. The highest BCUT2D eigenvalue weighted by atomic mass is 16.4. The summed E-state index contributed by atoms with van der Waals surface area (Å²) in [5.74, 6) is -1.03. The van der Waals surface area contributed by atoms with Crippen LogP contribution in [-0.2, 0) is 11.3 Å². The van der Waals surface area contributed by atoms with Crippen LogP contribution in [0.25, 0.3) is 11.1 Å². The SMILES string of the molecule is NC(Cn1cc(-c2ccccc2)cn1)C(=O)O. The molecule has 88 valence electrons. The van der Waals surface area contributed by atoms with Crippen molar-refractivity contribution in [2.75, 3.05) is 0 Å². The molecular weight excluding hydrogens is 218 g/mol. The van der Waals surface area contributed by atoms with E-state index in [4.69, 9.17) is 10.8 Å². The van der Waals surface area contributed by atoms with Gasteiger partial charge in [0.25, 0.3) is 0 Å². The molecule has 0 aliphatic heterocycles. The number of carboxylic acids is 1. The van der Waals surface area contributed by atoms with Crippen LogP contribution in [0.2, 0.25) is 0 Å². The molecule has 3 N–H and O–H groups in total. The zero-order valence-electron chi connectivity index (χ0n) is 9.15. The Morgan fingerprint density at radius 1 is 1.35 bits per heavy atom. The lowest BCUT2D eigenvalue weighted by molar-refractivity contribution is -0.138. The average Bonchev–Trinajstić information content (AvgIpc) is 2.78. The molecular formula is C12H13N3O2. The number of nitrogens with two attached hydrogens (primary N) is 1. The van der Waals surface area contributed by atoms with Gasteiger partial charge in [0.2, 0.25) is 0 Å². The standard InChI is InChI=1S/C12H13N3O2/c13-11(12(16)17)8-15-7-10(6-14-15)9-4-2-1-3-5-9/h1-7,11H,8,13H2,(H,16,17). The number of carbonyl (C=O) groups is 1. The summed E-state index contributed by atoms with van der Waals surface area (Å²) in [4.78, 5) is 10.6. The molecule has 0 spiro atoms. The van der Waals surface area contributed by atoms with Crippen LogP contribution >= 0.6 is 0 Å². The van der Waals surface area contributed by atoms with Gasteiger partial charge in [-0.15, -0.1) is 0 Å². The Labute approximate surface area is 98.5 Å². The maximum Gasteiger partial charge on any atom is 0.322 e. The van der Waals surface area contributed by atoms with Crippen molar-refractivity contribution in [1.29, 1.82) is 0 Å². The molecule has 1 unspecified atom stereocenters. The van der Waals surface area contributed by atoms with E-state index >= 15 is 0 Å². The molecule has 0 aliphatic rings. The lowest BCUT2D eigenvalue weighted by Crippen LogP contribution is -2.34. The Morgan fingerprint density at radius 3 is 2.71 bits per heavy atom. The number of carboxylic acid groups (broad SMARTS) is 1. The van der Waals surface area contributed by atoms with Gasteiger partial charge in [-0.05, 0) is 5.56 Å². The summed E-state index contributed by atoms with van der Waals surface area (Å²) in [5.41, 5.74) is 7.43. The maximum absolute atomic E-state index is 10.6. The Morgan fingerprint density at radius 2 is 2.06 bits per heavy atom. The molecule has 0 amide bonds. The molecule has 0 saturated carbocycles. The largest absolute Gasteiger partial charge is 0.480 e. The molecule has 1 heterocycles. The molecule has 0 saturated heterocycles. The van der Waals surface area contributed by atoms with E-state index in [-0.39, 0.29) is 6.54 Å². The minimum Gasteiger partial charge on any atom is -0.480 e. The molecule has 1 atom stereocenters. The number of hydrogen-bond donors (Lipinski definition) is 2. The molecule has 5 nitrogen and oxygen atoms in total. The molecule has 1 aromatic heterocycles. The van der Waals surface area contributed by atoms with Gasteiger partial charge in [0, 0.05) is 11.8 Å². The van der Waals surface area contributed by atoms with E-state index in [1.807, 2.05) is 30.3 Å². The van der Waals surface area contributed by atoms with Gasteiger partial charge in [-0.2, -0.15) is 5.10 Å². The molecule has 2 aromatic rings. The fourth-order valence-electron chi connectivity index (χ4n) is 1.52. The second-order valence-corrected chi connectivity index (χ2v) is 3.76. The highest BCUT2D eigenvalue weighted by Crippen LogP contribution is 2.17. The van der Waals surface area contributed by atoms with Crippen molar-refractivity contribution in [3.63, 3.8) is 0 Å². The van der Waals surface area contributed by atoms with Crippen molar-refractivity contribution in [3.05, 3.63) is 42.7 Å². The van der Waals surface area contributed by atoms with E-state index in [9.17, 15) is 4.79 Å². The highest BCUT2D eigenvalue weighted by Gasteiger charge is 2.12. The van der Waals surface area contributed by atoms with E-state index in [0.717, 1.165) is 11.1 Å². The Balaban J connectivity index is 2.14. The Bertz CT molecular complexity index is 507. The van der Waals surface area contributed by atoms with E-state index in [1.165, 1.54) is 0 Å². The van der Waals surface area contributed by atoms with Crippen LogP contribution in [0.1, 0.15) is 0 Å². The van der Waals surface area contributed by atoms with Crippen LogP contribution in [0.4, 0.5) is 0 Å². The van der Waals surface area contributed by atoms with Crippen molar-refractivity contribution in [2.24, 2.45) is 5.73 Å². The maximum atomic E-state index is 10.6. The topological polar surface area (TPSA) is 81.1 Å². The summed E-state index contributed by atoms with van der Waals surface area (Å²) in [6.45, 7) is 0.169. The summed E-state index contributed by atoms with van der Waals surface area (Å²) in [5, 5.41) is 12.8. The normalized spacial score (nSPS) is 12.3. The second kappa shape index (κ2) is 4.80. The first-order valence-electron chi connectivity index (χ1n) is 5.23. The summed E-state index contributed by atoms with van der Waals surface area (Å²) in [7, 11) is 0. The van der Waals surface area contributed by atoms with Crippen LogP contribution in [0.3, 0.4) is 0 Å². The molecule has 1 aromatic carbocycles. The molecule has 17 heavy (non-hydrogen) atoms. The fourth-order valence-corrected chi connectivity index (χ4v) is 1.52. The van der Waals surface area contributed by atoms with E-state index in [2.05, 4.69) is 5.10 Å². The van der Waals surface area contributed by atoms with Crippen LogP contribution < -0.4 is 5.73 Å². The summed E-state index contributed by atoms with van der Waals surface area (Å²) in [6, 6.07) is 8.83. The van der Waals surface area contributed by atoms with Gasteiger partial charge in [-0.25, -0.2) is 0 Å².